The number of hydrazine groups is 1. The maximum atomic E-state index is 5.89. The smallest absolute Gasteiger partial charge is 0.233 e. The molecule has 2 N–H and O–H groups in total. The van der Waals surface area contributed by atoms with Crippen molar-refractivity contribution < 1.29 is 4.74 Å². The van der Waals surface area contributed by atoms with Crippen molar-refractivity contribution in [2.24, 2.45) is 5.84 Å². The van der Waals surface area contributed by atoms with Gasteiger partial charge in [0.15, 0.2) is 0 Å². The third-order valence-corrected chi connectivity index (χ3v) is 3.51. The van der Waals surface area contributed by atoms with Crippen molar-refractivity contribution >= 4 is 17.3 Å². The number of nitrogens with two attached hydrogens (primary N) is 1. The molecule has 0 aliphatic heterocycles. The zero-order chi connectivity index (χ0) is 16.2. The summed E-state index contributed by atoms with van der Waals surface area (Å²) >= 11 is 5.89. The number of aromatic nitrogens is 3. The van der Waals surface area contributed by atoms with Crippen LogP contribution in [-0.4, -0.2) is 21.8 Å². The summed E-state index contributed by atoms with van der Waals surface area (Å²) in [5.74, 6) is 6.29. The summed E-state index contributed by atoms with van der Waals surface area (Å²) in [7, 11) is 1.76. The molecule has 0 atom stereocenters. The molecule has 6 nitrogen and oxygen atoms in total. The van der Waals surface area contributed by atoms with E-state index in [2.05, 4.69) is 10.1 Å². The highest BCUT2D eigenvalue weighted by molar-refractivity contribution is 6.30. The second-order valence-electron chi connectivity index (χ2n) is 4.94. The number of hydrogen-bond donors (Lipinski definition) is 1. The van der Waals surface area contributed by atoms with Crippen molar-refractivity contribution in [3.8, 4) is 11.6 Å². The number of halogens is 1. The van der Waals surface area contributed by atoms with Crippen LogP contribution in [0.4, 0.5) is 5.69 Å². The minimum atomic E-state index is 0.287. The number of pyridine rings is 1. The van der Waals surface area contributed by atoms with Gasteiger partial charge in [-0.15, -0.1) is 5.10 Å². The Labute approximate surface area is 139 Å². The highest BCUT2D eigenvalue weighted by Gasteiger charge is 2.08. The standard InChI is InChI=1S/C16H16ClN5O/c1-21(18)15-3-2-9-19-14(15)11-23-16-8-10-22(20-16)13-6-4-12(17)5-7-13/h2-10H,11,18H2,1H3. The molecule has 0 aliphatic carbocycles. The fraction of sp³-hybridized carbons (Fsp3) is 0.125. The Hall–Kier alpha value is -2.57. The average molecular weight is 330 g/mol. The molecule has 23 heavy (non-hydrogen) atoms. The van der Waals surface area contributed by atoms with Gasteiger partial charge in [-0.05, 0) is 36.4 Å². The predicted octanol–water partition coefficient (Wildman–Crippen LogP) is 2.81. The number of benzene rings is 1. The van der Waals surface area contributed by atoms with Gasteiger partial charge in [-0.3, -0.25) is 4.98 Å². The predicted molar refractivity (Wildman–Crippen MR) is 89.7 cm³/mol. The van der Waals surface area contributed by atoms with E-state index < -0.39 is 0 Å². The van der Waals surface area contributed by atoms with Crippen LogP contribution in [-0.2, 0) is 6.61 Å². The second-order valence-corrected chi connectivity index (χ2v) is 5.38. The summed E-state index contributed by atoms with van der Waals surface area (Å²) in [6.07, 6.45) is 3.53. The van der Waals surface area contributed by atoms with Gasteiger partial charge in [0.2, 0.25) is 5.88 Å². The van der Waals surface area contributed by atoms with E-state index in [1.807, 2.05) is 42.6 Å². The van der Waals surface area contributed by atoms with Crippen LogP contribution in [0.3, 0.4) is 0 Å². The van der Waals surface area contributed by atoms with Gasteiger partial charge in [-0.1, -0.05) is 11.6 Å². The van der Waals surface area contributed by atoms with Crippen LogP contribution in [0, 0.1) is 0 Å². The van der Waals surface area contributed by atoms with Gasteiger partial charge < -0.3 is 9.75 Å². The summed E-state index contributed by atoms with van der Waals surface area (Å²) in [5, 5.41) is 6.58. The molecule has 0 aliphatic rings. The molecule has 0 amide bonds. The fourth-order valence-electron chi connectivity index (χ4n) is 2.13. The molecule has 2 aromatic heterocycles. The van der Waals surface area contributed by atoms with Crippen LogP contribution in [0.25, 0.3) is 5.69 Å². The number of rotatable bonds is 5. The molecule has 0 unspecified atom stereocenters. The molecular formula is C16H16ClN5O. The zero-order valence-electron chi connectivity index (χ0n) is 12.6. The van der Waals surface area contributed by atoms with Crippen molar-refractivity contribution in [3.05, 3.63) is 65.6 Å². The summed E-state index contributed by atoms with van der Waals surface area (Å²) in [6.45, 7) is 0.287. The Bertz CT molecular complexity index is 785. The van der Waals surface area contributed by atoms with Gasteiger partial charge in [0.1, 0.15) is 12.3 Å². The lowest BCUT2D eigenvalue weighted by molar-refractivity contribution is 0.287. The van der Waals surface area contributed by atoms with E-state index >= 15 is 0 Å². The minimum Gasteiger partial charge on any atom is -0.470 e. The molecule has 0 bridgehead atoms. The topological polar surface area (TPSA) is 69.2 Å². The maximum absolute atomic E-state index is 5.89. The molecule has 1 aromatic carbocycles. The fourth-order valence-corrected chi connectivity index (χ4v) is 2.25. The summed E-state index contributed by atoms with van der Waals surface area (Å²) in [6, 6.07) is 12.9. The van der Waals surface area contributed by atoms with E-state index in [1.54, 1.807) is 24.0 Å². The van der Waals surface area contributed by atoms with Crippen molar-refractivity contribution in [1.82, 2.24) is 14.8 Å². The quantitative estimate of drug-likeness (QED) is 0.576. The monoisotopic (exact) mass is 329 g/mol. The van der Waals surface area contributed by atoms with E-state index in [0.29, 0.717) is 10.9 Å². The molecule has 7 heteroatoms. The van der Waals surface area contributed by atoms with E-state index in [4.69, 9.17) is 22.2 Å². The van der Waals surface area contributed by atoms with Gasteiger partial charge in [-0.25, -0.2) is 10.5 Å². The molecule has 2 heterocycles. The first-order valence-corrected chi connectivity index (χ1v) is 7.38. The third kappa shape index (κ3) is 3.61. The van der Waals surface area contributed by atoms with Crippen molar-refractivity contribution in [3.63, 3.8) is 0 Å². The molecule has 3 rings (SSSR count). The highest BCUT2D eigenvalue weighted by Crippen LogP contribution is 2.18. The Kier molecular flexibility index (Phi) is 4.45. The molecule has 118 valence electrons. The van der Waals surface area contributed by atoms with Crippen LogP contribution in [0.5, 0.6) is 5.88 Å². The molecule has 3 aromatic rings. The van der Waals surface area contributed by atoms with Gasteiger partial charge in [0, 0.05) is 30.5 Å². The summed E-state index contributed by atoms with van der Waals surface area (Å²) in [5.41, 5.74) is 2.47. The molecular weight excluding hydrogens is 314 g/mol. The SMILES string of the molecule is CN(N)c1cccnc1COc1ccn(-c2ccc(Cl)cc2)n1. The van der Waals surface area contributed by atoms with Gasteiger partial charge in [-0.2, -0.15) is 0 Å². The van der Waals surface area contributed by atoms with E-state index in [0.717, 1.165) is 17.1 Å². The van der Waals surface area contributed by atoms with Crippen molar-refractivity contribution in [2.75, 3.05) is 12.1 Å². The summed E-state index contributed by atoms with van der Waals surface area (Å²) < 4.78 is 7.43. The summed E-state index contributed by atoms with van der Waals surface area (Å²) in [4.78, 5) is 4.29. The first-order chi connectivity index (χ1) is 11.1. The normalized spacial score (nSPS) is 10.6. The molecule has 0 spiro atoms. The lowest BCUT2D eigenvalue weighted by atomic mass is 10.3. The number of hydrogen-bond acceptors (Lipinski definition) is 5. The van der Waals surface area contributed by atoms with Crippen LogP contribution >= 0.6 is 11.6 Å². The Morgan fingerprint density at radius 2 is 2.00 bits per heavy atom. The number of ether oxygens (including phenoxy) is 1. The number of anilines is 1. The largest absolute Gasteiger partial charge is 0.470 e. The van der Waals surface area contributed by atoms with Crippen molar-refractivity contribution in [1.29, 1.82) is 0 Å². The molecule has 0 radical (unpaired) electrons. The minimum absolute atomic E-state index is 0.287. The number of nitrogens with zero attached hydrogens (tertiary/aromatic N) is 4. The highest BCUT2D eigenvalue weighted by atomic mass is 35.5. The van der Waals surface area contributed by atoms with Crippen molar-refractivity contribution in [2.45, 2.75) is 6.61 Å². The maximum Gasteiger partial charge on any atom is 0.233 e. The Morgan fingerprint density at radius 1 is 1.22 bits per heavy atom. The van der Waals surface area contributed by atoms with Gasteiger partial charge in [0.05, 0.1) is 11.4 Å². The van der Waals surface area contributed by atoms with Crippen LogP contribution in [0.1, 0.15) is 5.69 Å². The molecule has 0 saturated carbocycles. The van der Waals surface area contributed by atoms with Crippen LogP contribution < -0.4 is 15.6 Å². The lowest BCUT2D eigenvalue weighted by Crippen LogP contribution is -2.26. The molecule has 0 fully saturated rings. The molecule has 0 saturated heterocycles. The van der Waals surface area contributed by atoms with E-state index in [-0.39, 0.29) is 6.61 Å². The average Bonchev–Trinajstić information content (AvgIpc) is 3.03. The Balaban J connectivity index is 1.72. The third-order valence-electron chi connectivity index (χ3n) is 3.26. The van der Waals surface area contributed by atoms with Gasteiger partial charge in [0.25, 0.3) is 0 Å². The second kappa shape index (κ2) is 6.68. The Morgan fingerprint density at radius 3 is 2.74 bits per heavy atom. The van der Waals surface area contributed by atoms with Crippen LogP contribution in [0.15, 0.2) is 54.9 Å². The first-order valence-electron chi connectivity index (χ1n) is 7.00. The van der Waals surface area contributed by atoms with Crippen LogP contribution in [0.2, 0.25) is 5.02 Å². The first kappa shape index (κ1) is 15.3. The van der Waals surface area contributed by atoms with E-state index in [1.165, 1.54) is 5.01 Å². The van der Waals surface area contributed by atoms with E-state index in [9.17, 15) is 0 Å². The zero-order valence-corrected chi connectivity index (χ0v) is 13.3. The van der Waals surface area contributed by atoms with Gasteiger partial charge >= 0.3 is 0 Å². The lowest BCUT2D eigenvalue weighted by Gasteiger charge is -2.15.